The van der Waals surface area contributed by atoms with Gasteiger partial charge in [-0.25, -0.2) is 9.78 Å². The van der Waals surface area contributed by atoms with Gasteiger partial charge in [-0.3, -0.25) is 0 Å². The second kappa shape index (κ2) is 9.72. The average molecular weight is 252 g/mol. The fraction of sp³-hybridized carbons (Fsp3) is 1.00. The first kappa shape index (κ1) is 14.8. The van der Waals surface area contributed by atoms with Crippen LogP contribution in [-0.2, 0) is 24.0 Å². The van der Waals surface area contributed by atoms with Crippen molar-refractivity contribution in [2.45, 2.75) is 12.2 Å². The van der Waals surface area contributed by atoms with Crippen LogP contribution in [0.1, 0.15) is 0 Å². The number of hydrogen-bond acceptors (Lipinski definition) is 7. The predicted molar refractivity (Wildman–Crippen MR) is 56.4 cm³/mol. The lowest BCUT2D eigenvalue weighted by Gasteiger charge is -1.97. The molecule has 7 nitrogen and oxygen atoms in total. The minimum atomic E-state index is -0.0641. The monoisotopic (exact) mass is 252 g/mol. The number of epoxide rings is 2. The molecule has 2 N–H and O–H groups in total. The maximum Gasteiger partial charge on any atom is 0.105 e. The smallest absolute Gasteiger partial charge is 0.105 e. The van der Waals surface area contributed by atoms with Crippen molar-refractivity contribution >= 4 is 0 Å². The molecule has 0 saturated carbocycles. The molecule has 2 aliphatic rings. The van der Waals surface area contributed by atoms with Gasteiger partial charge in [0.05, 0.1) is 39.6 Å². The van der Waals surface area contributed by atoms with Gasteiger partial charge in [-0.1, -0.05) is 0 Å². The van der Waals surface area contributed by atoms with Gasteiger partial charge in [-0.2, -0.15) is 0 Å². The SMILES string of the molecule is C(OCC1CO1)C1CO1.OCCOOCCO. The Labute approximate surface area is 100 Å². The van der Waals surface area contributed by atoms with Gasteiger partial charge < -0.3 is 24.4 Å². The lowest BCUT2D eigenvalue weighted by Crippen LogP contribution is -2.06. The molecule has 2 heterocycles. The molecule has 7 heteroatoms. The molecule has 2 aliphatic heterocycles. The van der Waals surface area contributed by atoms with Crippen molar-refractivity contribution in [3.63, 3.8) is 0 Å². The summed E-state index contributed by atoms with van der Waals surface area (Å²) in [6.45, 7) is 3.44. The molecule has 2 rings (SSSR count). The van der Waals surface area contributed by atoms with Gasteiger partial charge in [0.2, 0.25) is 0 Å². The van der Waals surface area contributed by atoms with E-state index in [1.165, 1.54) is 0 Å². The molecule has 0 aromatic rings. The first-order valence-electron chi connectivity index (χ1n) is 5.64. The van der Waals surface area contributed by atoms with E-state index in [4.69, 9.17) is 24.4 Å². The highest BCUT2D eigenvalue weighted by Gasteiger charge is 2.26. The topological polar surface area (TPSA) is 93.2 Å². The van der Waals surface area contributed by atoms with E-state index >= 15 is 0 Å². The van der Waals surface area contributed by atoms with E-state index in [1.807, 2.05) is 0 Å². The molecule has 0 aromatic heterocycles. The molecule has 2 atom stereocenters. The van der Waals surface area contributed by atoms with Crippen LogP contribution in [0.2, 0.25) is 0 Å². The molecule has 0 bridgehead atoms. The average Bonchev–Trinajstić information content (AvgIpc) is 3.19. The number of aliphatic hydroxyl groups is 2. The standard InChI is InChI=1S/C6H10O3.C4H10O4/c1(5-3-8-5)7-2-6-4-9-6;5-1-3-7-8-4-2-6/h5-6H,1-4H2;5-6H,1-4H2. The summed E-state index contributed by atoms with van der Waals surface area (Å²) in [6.07, 6.45) is 0.785. The van der Waals surface area contributed by atoms with Gasteiger partial charge in [0.25, 0.3) is 0 Å². The summed E-state index contributed by atoms with van der Waals surface area (Å²) in [7, 11) is 0. The molecule has 102 valence electrons. The summed E-state index contributed by atoms with van der Waals surface area (Å²) >= 11 is 0. The second-order valence-corrected chi connectivity index (χ2v) is 3.54. The van der Waals surface area contributed by atoms with E-state index < -0.39 is 0 Å². The highest BCUT2D eigenvalue weighted by atomic mass is 17.2. The summed E-state index contributed by atoms with van der Waals surface area (Å²) in [5, 5.41) is 16.2. The Bertz CT molecular complexity index is 152. The number of rotatable bonds is 9. The van der Waals surface area contributed by atoms with E-state index in [-0.39, 0.29) is 26.4 Å². The number of ether oxygens (including phenoxy) is 3. The van der Waals surface area contributed by atoms with Gasteiger partial charge in [-0.15, -0.1) is 0 Å². The van der Waals surface area contributed by atoms with Crippen LogP contribution in [0.25, 0.3) is 0 Å². The molecule has 0 radical (unpaired) electrons. The maximum absolute atomic E-state index is 8.10. The van der Waals surface area contributed by atoms with Crippen LogP contribution in [0, 0.1) is 0 Å². The van der Waals surface area contributed by atoms with Crippen LogP contribution in [0.4, 0.5) is 0 Å². The molecule has 0 spiro atoms. The lowest BCUT2D eigenvalue weighted by molar-refractivity contribution is -0.300. The van der Waals surface area contributed by atoms with Crippen molar-refractivity contribution in [2.24, 2.45) is 0 Å². The summed E-state index contributed by atoms with van der Waals surface area (Å²) in [5.74, 6) is 0. The Morgan fingerprint density at radius 2 is 1.29 bits per heavy atom. The highest BCUT2D eigenvalue weighted by Crippen LogP contribution is 2.12. The Kier molecular flexibility index (Phi) is 8.45. The number of aliphatic hydroxyl groups excluding tert-OH is 2. The first-order chi connectivity index (χ1) is 8.36. The third-order valence-corrected chi connectivity index (χ3v) is 1.84. The number of hydrogen-bond donors (Lipinski definition) is 2. The van der Waals surface area contributed by atoms with Crippen LogP contribution in [0.5, 0.6) is 0 Å². The molecule has 17 heavy (non-hydrogen) atoms. The Morgan fingerprint density at radius 1 is 0.882 bits per heavy atom. The normalized spacial score (nSPS) is 25.1. The molecular formula is C10H20O7. The molecule has 0 aliphatic carbocycles. The third kappa shape index (κ3) is 10.6. The molecule has 0 aromatic carbocycles. The van der Waals surface area contributed by atoms with Crippen molar-refractivity contribution in [2.75, 3.05) is 52.9 Å². The van der Waals surface area contributed by atoms with Crippen LogP contribution in [0.15, 0.2) is 0 Å². The van der Waals surface area contributed by atoms with Crippen molar-refractivity contribution in [3.8, 4) is 0 Å². The van der Waals surface area contributed by atoms with Crippen molar-refractivity contribution in [1.82, 2.24) is 0 Å². The zero-order chi connectivity index (χ0) is 12.3. The zero-order valence-corrected chi connectivity index (χ0v) is 9.75. The summed E-state index contributed by atoms with van der Waals surface area (Å²) in [4.78, 5) is 8.63. The van der Waals surface area contributed by atoms with E-state index in [0.717, 1.165) is 26.4 Å². The Balaban J connectivity index is 0.000000172. The van der Waals surface area contributed by atoms with E-state index in [2.05, 4.69) is 9.78 Å². The lowest BCUT2D eigenvalue weighted by atomic mass is 10.5. The fourth-order valence-corrected chi connectivity index (χ4v) is 0.852. The zero-order valence-electron chi connectivity index (χ0n) is 9.75. The van der Waals surface area contributed by atoms with Gasteiger partial charge in [0.15, 0.2) is 0 Å². The van der Waals surface area contributed by atoms with Gasteiger partial charge in [0, 0.05) is 0 Å². The minimum Gasteiger partial charge on any atom is -0.394 e. The predicted octanol–water partition coefficient (Wildman–Crippen LogP) is -1.28. The van der Waals surface area contributed by atoms with Gasteiger partial charge in [-0.05, 0) is 0 Å². The highest BCUT2D eigenvalue weighted by molar-refractivity contribution is 4.71. The molecule has 0 amide bonds. The molecule has 2 fully saturated rings. The van der Waals surface area contributed by atoms with Crippen LogP contribution in [-0.4, -0.2) is 75.3 Å². The second-order valence-electron chi connectivity index (χ2n) is 3.54. The largest absolute Gasteiger partial charge is 0.394 e. The van der Waals surface area contributed by atoms with Crippen LogP contribution < -0.4 is 0 Å². The maximum atomic E-state index is 8.10. The van der Waals surface area contributed by atoms with Crippen molar-refractivity contribution in [3.05, 3.63) is 0 Å². The van der Waals surface area contributed by atoms with Gasteiger partial charge >= 0.3 is 0 Å². The van der Waals surface area contributed by atoms with Crippen molar-refractivity contribution < 1.29 is 34.2 Å². The van der Waals surface area contributed by atoms with Crippen LogP contribution in [0.3, 0.4) is 0 Å². The summed E-state index contributed by atoms with van der Waals surface area (Å²) in [5.41, 5.74) is 0. The minimum absolute atomic E-state index is 0.0641. The molecular weight excluding hydrogens is 232 g/mol. The van der Waals surface area contributed by atoms with E-state index in [0.29, 0.717) is 12.2 Å². The summed E-state index contributed by atoms with van der Waals surface area (Å²) < 4.78 is 15.1. The Morgan fingerprint density at radius 3 is 1.59 bits per heavy atom. The van der Waals surface area contributed by atoms with E-state index in [1.54, 1.807) is 0 Å². The van der Waals surface area contributed by atoms with Crippen molar-refractivity contribution in [1.29, 1.82) is 0 Å². The first-order valence-corrected chi connectivity index (χ1v) is 5.64. The van der Waals surface area contributed by atoms with E-state index in [9.17, 15) is 0 Å². The molecule has 2 saturated heterocycles. The van der Waals surface area contributed by atoms with Gasteiger partial charge in [0.1, 0.15) is 25.4 Å². The Hall–Kier alpha value is -0.280. The molecule has 2 unspecified atom stereocenters. The van der Waals surface area contributed by atoms with Crippen LogP contribution >= 0.6 is 0 Å². The fourth-order valence-electron chi connectivity index (χ4n) is 0.852. The third-order valence-electron chi connectivity index (χ3n) is 1.84. The summed E-state index contributed by atoms with van der Waals surface area (Å²) in [6, 6.07) is 0. The quantitative estimate of drug-likeness (QED) is 0.228.